The molecule has 0 amide bonds. The zero-order valence-corrected chi connectivity index (χ0v) is 32.8. The zero-order chi connectivity index (χ0) is 40.3. The number of H-pyrrole nitrogens is 2. The maximum atomic E-state index is 13.4. The average Bonchev–Trinajstić information content (AvgIpc) is 3.72. The largest absolute Gasteiger partial charge is 0.469 e. The van der Waals surface area contributed by atoms with Crippen molar-refractivity contribution in [3.05, 3.63) is 61.9 Å². The van der Waals surface area contributed by atoms with Gasteiger partial charge < -0.3 is 38.4 Å². The van der Waals surface area contributed by atoms with E-state index in [0.717, 1.165) is 5.56 Å². The smallest absolute Gasteiger partial charge is 0.355 e. The molecule has 0 saturated carbocycles. The molecule has 0 saturated heterocycles. The molecule has 1 aliphatic rings. The molecular formula is C39H52N3O12+. The summed E-state index contributed by atoms with van der Waals surface area (Å²) in [5, 5.41) is 0. The minimum Gasteiger partial charge on any atom is -0.469 e. The van der Waals surface area contributed by atoms with Crippen LogP contribution in [-0.4, -0.2) is 92.6 Å². The number of aryl methyl sites for hydroxylation is 1. The Bertz CT molecular complexity index is 1870. The van der Waals surface area contributed by atoms with Crippen LogP contribution in [0.2, 0.25) is 0 Å². The Kier molecular flexibility index (Phi) is 15.1. The summed E-state index contributed by atoms with van der Waals surface area (Å²) in [5.74, 6) is -2.89. The second-order valence-corrected chi connectivity index (χ2v) is 13.7. The summed E-state index contributed by atoms with van der Waals surface area (Å²) in [6.45, 7) is 8.92. The van der Waals surface area contributed by atoms with Crippen molar-refractivity contribution in [3.63, 3.8) is 0 Å². The number of hydrogen-bond donors (Lipinski definition) is 3. The second-order valence-electron chi connectivity index (χ2n) is 13.7. The van der Waals surface area contributed by atoms with E-state index < -0.39 is 41.4 Å². The number of carbonyl (C=O) groups is 6. The Hall–Kier alpha value is -5.47. The molecular weight excluding hydrogens is 702 g/mol. The molecule has 0 unspecified atom stereocenters. The molecule has 0 aromatic carbocycles. The maximum absolute atomic E-state index is 13.4. The lowest BCUT2D eigenvalue weighted by Crippen LogP contribution is -2.69. The zero-order valence-electron chi connectivity index (χ0n) is 32.8. The fourth-order valence-corrected chi connectivity index (χ4v) is 6.25. The Morgan fingerprint density at radius 2 is 1.17 bits per heavy atom. The summed E-state index contributed by atoms with van der Waals surface area (Å²) in [6.07, 6.45) is 2.53. The molecule has 54 heavy (non-hydrogen) atoms. The molecule has 3 heterocycles. The lowest BCUT2D eigenvalue weighted by atomic mass is 9.93. The van der Waals surface area contributed by atoms with Gasteiger partial charge in [-0.05, 0) is 76.1 Å². The molecule has 15 nitrogen and oxygen atoms in total. The minimum atomic E-state index is -0.785. The fraction of sp³-hybridized carbons (Fsp3) is 0.513. The summed E-state index contributed by atoms with van der Waals surface area (Å²) < 4.78 is 30.4. The van der Waals surface area contributed by atoms with Gasteiger partial charge in [-0.15, -0.1) is 0 Å². The van der Waals surface area contributed by atoms with Gasteiger partial charge in [-0.2, -0.15) is 0 Å². The van der Waals surface area contributed by atoms with E-state index in [4.69, 9.17) is 28.4 Å². The van der Waals surface area contributed by atoms with Gasteiger partial charge in [-0.3, -0.25) is 24.0 Å². The minimum absolute atomic E-state index is 0.00147. The highest BCUT2D eigenvalue weighted by atomic mass is 16.6. The van der Waals surface area contributed by atoms with Crippen LogP contribution in [-0.2, 0) is 78.1 Å². The van der Waals surface area contributed by atoms with Gasteiger partial charge in [0, 0.05) is 53.6 Å². The van der Waals surface area contributed by atoms with Gasteiger partial charge in [0.2, 0.25) is 5.70 Å². The van der Waals surface area contributed by atoms with Crippen molar-refractivity contribution in [2.45, 2.75) is 98.0 Å². The summed E-state index contributed by atoms with van der Waals surface area (Å²) >= 11 is 0. The molecule has 0 radical (unpaired) electrons. The second kappa shape index (κ2) is 19.0. The van der Waals surface area contributed by atoms with Crippen LogP contribution < -0.4 is 4.99 Å². The van der Waals surface area contributed by atoms with Gasteiger partial charge in [0.15, 0.2) is 5.71 Å². The van der Waals surface area contributed by atoms with Crippen molar-refractivity contribution >= 4 is 47.6 Å². The Balaban J connectivity index is 2.27. The number of aromatic nitrogens is 2. The topological polar surface area (TPSA) is 203 Å². The molecule has 0 spiro atoms. The summed E-state index contributed by atoms with van der Waals surface area (Å²) in [7, 11) is 6.46. The van der Waals surface area contributed by atoms with Crippen molar-refractivity contribution < 1.29 is 62.2 Å². The number of carbonyl (C=O) groups excluding carboxylic acids is 6. The number of aromatic amines is 2. The van der Waals surface area contributed by atoms with Crippen LogP contribution in [0.25, 0.3) is 6.08 Å². The summed E-state index contributed by atoms with van der Waals surface area (Å²) in [5.41, 5.74) is 6.40. The number of rotatable bonds is 17. The van der Waals surface area contributed by atoms with E-state index in [-0.39, 0.29) is 63.5 Å². The Morgan fingerprint density at radius 3 is 1.70 bits per heavy atom. The van der Waals surface area contributed by atoms with E-state index in [0.29, 0.717) is 56.3 Å². The molecule has 3 rings (SSSR count). The number of methoxy groups -OCH3 is 5. The van der Waals surface area contributed by atoms with Gasteiger partial charge in [0.25, 0.3) is 0 Å². The maximum Gasteiger partial charge on any atom is 0.355 e. The average molecular weight is 755 g/mol. The molecule has 0 fully saturated rings. The van der Waals surface area contributed by atoms with E-state index in [1.165, 1.54) is 35.5 Å². The van der Waals surface area contributed by atoms with E-state index in [1.54, 1.807) is 26.8 Å². The summed E-state index contributed by atoms with van der Waals surface area (Å²) in [4.78, 5) is 85.5. The molecule has 3 N–H and O–H groups in total. The van der Waals surface area contributed by atoms with Gasteiger partial charge in [-0.25, -0.2) is 9.79 Å². The standard InChI is InChI=1S/C39H51N3O12/c1-21-23(11-14-32(43)49-6)37(38(48)54-39(3,4)5)42-28(21)19-30-25(13-16-34(45)51-8)27(18-36(47)53-10)31(41-30)20-29-24(12-15-33(44)50-7)26(22(2)40-29)17-35(46)52-9/h20,40,42H,11-19H2,1-10H3/p+1. The first-order valence-corrected chi connectivity index (χ1v) is 17.5. The van der Waals surface area contributed by atoms with Crippen molar-refractivity contribution in [2.75, 3.05) is 35.5 Å². The number of nitrogens with one attached hydrogen (secondary N) is 3. The van der Waals surface area contributed by atoms with Crippen molar-refractivity contribution in [1.82, 2.24) is 9.97 Å². The lowest BCUT2D eigenvalue weighted by molar-refractivity contribution is -0.387. The quantitative estimate of drug-likeness (QED) is 0.158. The third-order valence-corrected chi connectivity index (χ3v) is 9.05. The first-order chi connectivity index (χ1) is 25.5. The van der Waals surface area contributed by atoms with Gasteiger partial charge in [-0.1, -0.05) is 0 Å². The number of hydrogen-bond acceptors (Lipinski definition) is 12. The van der Waals surface area contributed by atoms with E-state index in [1.807, 2.05) is 13.8 Å². The molecule has 1 aliphatic heterocycles. The third-order valence-electron chi connectivity index (χ3n) is 9.05. The predicted molar refractivity (Wildman–Crippen MR) is 195 cm³/mol. The molecule has 0 bridgehead atoms. The van der Waals surface area contributed by atoms with E-state index in [2.05, 4.69) is 15.0 Å². The molecule has 294 valence electrons. The molecule has 0 aliphatic carbocycles. The molecule has 2 aromatic rings. The third kappa shape index (κ3) is 11.3. The van der Waals surface area contributed by atoms with Gasteiger partial charge >= 0.3 is 35.8 Å². The number of esters is 6. The van der Waals surface area contributed by atoms with Crippen molar-refractivity contribution in [1.29, 1.82) is 0 Å². The molecule has 0 atom stereocenters. The van der Waals surface area contributed by atoms with Crippen molar-refractivity contribution in [2.24, 2.45) is 0 Å². The number of ether oxygens (including phenoxy) is 6. The highest BCUT2D eigenvalue weighted by Crippen LogP contribution is 2.31. The van der Waals surface area contributed by atoms with E-state index >= 15 is 0 Å². The van der Waals surface area contributed by atoms with E-state index in [9.17, 15) is 28.8 Å². The highest BCUT2D eigenvalue weighted by molar-refractivity contribution is 6.02. The molecule has 15 heteroatoms. The Morgan fingerprint density at radius 1 is 0.648 bits per heavy atom. The van der Waals surface area contributed by atoms with Crippen LogP contribution >= 0.6 is 0 Å². The van der Waals surface area contributed by atoms with Crippen LogP contribution in [0.15, 0.2) is 16.8 Å². The number of allylic oxidation sites excluding steroid dienone is 2. The van der Waals surface area contributed by atoms with Crippen LogP contribution in [0, 0.1) is 13.8 Å². The normalized spacial score (nSPS) is 13.4. The monoisotopic (exact) mass is 754 g/mol. The van der Waals surface area contributed by atoms with Gasteiger partial charge in [0.05, 0.1) is 54.8 Å². The van der Waals surface area contributed by atoms with Crippen LogP contribution in [0.4, 0.5) is 0 Å². The van der Waals surface area contributed by atoms with Gasteiger partial charge in [0.1, 0.15) is 11.3 Å². The molecule has 2 aromatic heterocycles. The first-order valence-electron chi connectivity index (χ1n) is 17.5. The predicted octanol–water partition coefficient (Wildman–Crippen LogP) is 2.77. The first kappa shape index (κ1) is 42.9. The highest BCUT2D eigenvalue weighted by Gasteiger charge is 2.35. The SMILES string of the molecule is COC(=O)CCC1=C(CC(=O)OC)C(=Cc2[nH]c(C)c(CC(=O)OC)c2CCC(=O)OC)[NH+]=C1Cc1[nH]c(C(=O)OC(C)(C)C)c(CCC(=O)OC)c1C. The Labute approximate surface area is 314 Å². The van der Waals surface area contributed by atoms with Crippen molar-refractivity contribution in [3.8, 4) is 0 Å². The summed E-state index contributed by atoms with van der Waals surface area (Å²) in [6, 6.07) is 0. The lowest BCUT2D eigenvalue weighted by Gasteiger charge is -2.19. The van der Waals surface area contributed by atoms with Crippen LogP contribution in [0.5, 0.6) is 0 Å². The van der Waals surface area contributed by atoms with Crippen LogP contribution in [0.3, 0.4) is 0 Å². The fourth-order valence-electron chi connectivity index (χ4n) is 6.25. The van der Waals surface area contributed by atoms with Crippen LogP contribution in [0.1, 0.15) is 103 Å².